The summed E-state index contributed by atoms with van der Waals surface area (Å²) in [6.07, 6.45) is 2.16. The molecule has 2 aromatic rings. The lowest BCUT2D eigenvalue weighted by molar-refractivity contribution is -0.129. The molecule has 0 radical (unpaired) electrons. The Balaban J connectivity index is 1.62. The molecule has 1 aromatic carbocycles. The molecule has 0 fully saturated rings. The predicted octanol–water partition coefficient (Wildman–Crippen LogP) is 2.72. The average Bonchev–Trinajstić information content (AvgIpc) is 2.93. The second-order valence-corrected chi connectivity index (χ2v) is 6.98. The number of aryl methyl sites for hydroxylation is 2. The fourth-order valence-corrected chi connectivity index (χ4v) is 4.00. The molecule has 2 atom stereocenters. The number of hydrogen-bond acceptors (Lipinski definition) is 4. The van der Waals surface area contributed by atoms with Gasteiger partial charge in [-0.15, -0.1) is 11.3 Å². The molecule has 0 aliphatic heterocycles. The zero-order chi connectivity index (χ0) is 15.5. The molecule has 0 saturated heterocycles. The third-order valence-electron chi connectivity index (χ3n) is 4.06. The van der Waals surface area contributed by atoms with Crippen molar-refractivity contribution in [2.24, 2.45) is 0 Å². The molecule has 4 nitrogen and oxygen atoms in total. The number of nitrogens with one attached hydrogen (secondary N) is 1. The van der Waals surface area contributed by atoms with Gasteiger partial charge in [0.15, 0.2) is 6.10 Å². The van der Waals surface area contributed by atoms with Crippen molar-refractivity contribution in [3.05, 3.63) is 51.5 Å². The fraction of sp³-hybridized carbons (Fsp3) is 0.412. The predicted molar refractivity (Wildman–Crippen MR) is 86.9 cm³/mol. The van der Waals surface area contributed by atoms with Crippen molar-refractivity contribution in [3.8, 4) is 0 Å². The van der Waals surface area contributed by atoms with Gasteiger partial charge in [-0.05, 0) is 31.7 Å². The Morgan fingerprint density at radius 2 is 2.23 bits per heavy atom. The summed E-state index contributed by atoms with van der Waals surface area (Å²) in [4.78, 5) is 18.1. The van der Waals surface area contributed by atoms with Crippen LogP contribution in [0.15, 0.2) is 30.3 Å². The van der Waals surface area contributed by atoms with Crippen molar-refractivity contribution in [1.82, 2.24) is 10.3 Å². The molecule has 1 amide bonds. The molecule has 1 heterocycles. The highest BCUT2D eigenvalue weighted by Gasteiger charge is 2.25. The Bertz CT molecular complexity index is 654. The normalized spacial score (nSPS) is 18.5. The molecule has 0 saturated carbocycles. The highest BCUT2D eigenvalue weighted by atomic mass is 32.1. The zero-order valence-corrected chi connectivity index (χ0v) is 13.4. The molecule has 5 heteroatoms. The van der Waals surface area contributed by atoms with Crippen molar-refractivity contribution in [3.63, 3.8) is 0 Å². The van der Waals surface area contributed by atoms with Crippen molar-refractivity contribution >= 4 is 17.2 Å². The first-order valence-corrected chi connectivity index (χ1v) is 8.43. The van der Waals surface area contributed by atoms with Gasteiger partial charge in [0, 0.05) is 17.3 Å². The van der Waals surface area contributed by atoms with Crippen molar-refractivity contribution < 1.29 is 9.90 Å². The number of carbonyl (C=O) groups excluding carboxylic acids is 1. The van der Waals surface area contributed by atoms with Crippen molar-refractivity contribution in [1.29, 1.82) is 0 Å². The van der Waals surface area contributed by atoms with E-state index in [9.17, 15) is 9.90 Å². The quantitative estimate of drug-likeness (QED) is 0.911. The van der Waals surface area contributed by atoms with Crippen LogP contribution < -0.4 is 5.32 Å². The molecule has 1 aromatic heterocycles. The van der Waals surface area contributed by atoms with Crippen LogP contribution in [0.25, 0.3) is 0 Å². The minimum atomic E-state index is -1.11. The minimum absolute atomic E-state index is 0.264. The van der Waals surface area contributed by atoms with Gasteiger partial charge in [-0.1, -0.05) is 30.3 Å². The van der Waals surface area contributed by atoms with Crippen LogP contribution in [-0.2, 0) is 11.2 Å². The van der Waals surface area contributed by atoms with E-state index in [2.05, 4.69) is 10.3 Å². The number of thiazole rings is 1. The van der Waals surface area contributed by atoms with E-state index in [1.54, 1.807) is 23.5 Å². The number of hydrogen-bond donors (Lipinski definition) is 2. The second-order valence-electron chi connectivity index (χ2n) is 5.69. The topological polar surface area (TPSA) is 62.2 Å². The SMILES string of the molecule is Cc1nc2c(s1)CCCC2CNC(=O)C(O)c1ccccc1. The van der Waals surface area contributed by atoms with Gasteiger partial charge in [-0.25, -0.2) is 4.98 Å². The number of fused-ring (bicyclic) bond motifs is 1. The maximum absolute atomic E-state index is 12.1. The van der Waals surface area contributed by atoms with Crippen LogP contribution in [0.3, 0.4) is 0 Å². The Labute approximate surface area is 134 Å². The first kappa shape index (κ1) is 15.2. The van der Waals surface area contributed by atoms with E-state index in [0.717, 1.165) is 30.0 Å². The molecular weight excluding hydrogens is 296 g/mol. The number of aromatic nitrogens is 1. The third kappa shape index (κ3) is 3.20. The highest BCUT2D eigenvalue weighted by molar-refractivity contribution is 7.11. The number of aliphatic hydroxyl groups excluding tert-OH is 1. The molecule has 0 bridgehead atoms. The smallest absolute Gasteiger partial charge is 0.253 e. The van der Waals surface area contributed by atoms with E-state index in [1.165, 1.54) is 4.88 Å². The summed E-state index contributed by atoms with van der Waals surface area (Å²) in [6, 6.07) is 9.01. The summed E-state index contributed by atoms with van der Waals surface area (Å²) < 4.78 is 0. The number of rotatable bonds is 4. The lowest BCUT2D eigenvalue weighted by atomic mass is 9.91. The van der Waals surface area contributed by atoms with Crippen LogP contribution in [0.5, 0.6) is 0 Å². The van der Waals surface area contributed by atoms with Crippen LogP contribution in [0.4, 0.5) is 0 Å². The van der Waals surface area contributed by atoms with Crippen molar-refractivity contribution in [2.45, 2.75) is 38.2 Å². The molecule has 116 valence electrons. The molecule has 2 N–H and O–H groups in total. The molecule has 0 spiro atoms. The van der Waals surface area contributed by atoms with E-state index >= 15 is 0 Å². The number of nitrogens with zero attached hydrogens (tertiary/aromatic N) is 1. The fourth-order valence-electron chi connectivity index (χ4n) is 2.94. The molecule has 1 aliphatic carbocycles. The van der Waals surface area contributed by atoms with Crippen LogP contribution >= 0.6 is 11.3 Å². The van der Waals surface area contributed by atoms with Gasteiger partial charge in [0.1, 0.15) is 0 Å². The largest absolute Gasteiger partial charge is 0.378 e. The lowest BCUT2D eigenvalue weighted by Crippen LogP contribution is -2.33. The van der Waals surface area contributed by atoms with E-state index in [1.807, 2.05) is 25.1 Å². The molecule has 1 aliphatic rings. The standard InChI is InChI=1S/C17H20N2O2S/c1-11-19-15-13(8-5-9-14(15)22-11)10-18-17(21)16(20)12-6-3-2-4-7-12/h2-4,6-7,13,16,20H,5,8-10H2,1H3,(H,18,21). The summed E-state index contributed by atoms with van der Waals surface area (Å²) in [5.41, 5.74) is 1.76. The molecule has 3 rings (SSSR count). The van der Waals surface area contributed by atoms with E-state index < -0.39 is 6.10 Å². The van der Waals surface area contributed by atoms with Crippen LogP contribution in [0.1, 0.15) is 46.0 Å². The summed E-state index contributed by atoms with van der Waals surface area (Å²) in [5, 5.41) is 14.1. The van der Waals surface area contributed by atoms with Crippen LogP contribution in [0.2, 0.25) is 0 Å². The molecular formula is C17H20N2O2S. The van der Waals surface area contributed by atoms with Gasteiger partial charge in [0.25, 0.3) is 5.91 Å². The Hall–Kier alpha value is -1.72. The van der Waals surface area contributed by atoms with E-state index in [-0.39, 0.29) is 11.8 Å². The van der Waals surface area contributed by atoms with E-state index in [0.29, 0.717) is 12.1 Å². The van der Waals surface area contributed by atoms with Gasteiger partial charge in [-0.3, -0.25) is 4.79 Å². The molecule has 22 heavy (non-hydrogen) atoms. The Morgan fingerprint density at radius 3 is 3.00 bits per heavy atom. The van der Waals surface area contributed by atoms with Crippen LogP contribution in [0, 0.1) is 6.92 Å². The average molecular weight is 316 g/mol. The molecule has 2 unspecified atom stereocenters. The summed E-state index contributed by atoms with van der Waals surface area (Å²) in [6.45, 7) is 2.57. The van der Waals surface area contributed by atoms with Gasteiger partial charge < -0.3 is 10.4 Å². The van der Waals surface area contributed by atoms with Crippen molar-refractivity contribution in [2.75, 3.05) is 6.54 Å². The zero-order valence-electron chi connectivity index (χ0n) is 12.6. The van der Waals surface area contributed by atoms with Gasteiger partial charge in [0.05, 0.1) is 10.7 Å². The minimum Gasteiger partial charge on any atom is -0.378 e. The number of amides is 1. The first-order chi connectivity index (χ1) is 10.6. The Kier molecular flexibility index (Phi) is 4.55. The summed E-state index contributed by atoms with van der Waals surface area (Å²) in [5.74, 6) is -0.0779. The summed E-state index contributed by atoms with van der Waals surface area (Å²) in [7, 11) is 0. The highest BCUT2D eigenvalue weighted by Crippen LogP contribution is 2.34. The number of benzene rings is 1. The monoisotopic (exact) mass is 316 g/mol. The maximum Gasteiger partial charge on any atom is 0.253 e. The first-order valence-electron chi connectivity index (χ1n) is 7.62. The van der Waals surface area contributed by atoms with Gasteiger partial charge in [0.2, 0.25) is 0 Å². The van der Waals surface area contributed by atoms with Gasteiger partial charge >= 0.3 is 0 Å². The summed E-state index contributed by atoms with van der Waals surface area (Å²) >= 11 is 1.76. The van der Waals surface area contributed by atoms with Gasteiger partial charge in [-0.2, -0.15) is 0 Å². The van der Waals surface area contributed by atoms with E-state index in [4.69, 9.17) is 0 Å². The maximum atomic E-state index is 12.1. The number of carbonyl (C=O) groups is 1. The second kappa shape index (κ2) is 6.58. The Morgan fingerprint density at radius 1 is 1.45 bits per heavy atom. The number of aliphatic hydroxyl groups is 1. The van der Waals surface area contributed by atoms with Crippen LogP contribution in [-0.4, -0.2) is 22.5 Å². The lowest BCUT2D eigenvalue weighted by Gasteiger charge is -2.22. The third-order valence-corrected chi connectivity index (χ3v) is 5.11.